The first-order valence-corrected chi connectivity index (χ1v) is 9.52. The molecule has 0 spiro atoms. The normalized spacial score (nSPS) is 16.5. The van der Waals surface area contributed by atoms with Crippen molar-refractivity contribution in [3.63, 3.8) is 0 Å². The van der Waals surface area contributed by atoms with Gasteiger partial charge in [-0.15, -0.1) is 12.4 Å². The number of morpholine rings is 1. The largest absolute Gasteiger partial charge is 0.370 e. The number of pyridine rings is 1. The summed E-state index contributed by atoms with van der Waals surface area (Å²) in [7, 11) is 1.75. The summed E-state index contributed by atoms with van der Waals surface area (Å²) in [6.07, 6.45) is 3.31. The van der Waals surface area contributed by atoms with Gasteiger partial charge in [0.1, 0.15) is 6.10 Å². The zero-order chi connectivity index (χ0) is 18.8. The number of aromatic nitrogens is 3. The van der Waals surface area contributed by atoms with Crippen LogP contribution in [0.5, 0.6) is 0 Å². The number of hydrogen-bond acceptors (Lipinski definition) is 5. The summed E-state index contributed by atoms with van der Waals surface area (Å²) in [4.78, 5) is 23.4. The van der Waals surface area contributed by atoms with Gasteiger partial charge in [-0.1, -0.05) is 34.1 Å². The van der Waals surface area contributed by atoms with Crippen LogP contribution in [0, 0.1) is 0 Å². The number of rotatable bonds is 3. The van der Waals surface area contributed by atoms with Crippen molar-refractivity contribution in [3.8, 4) is 11.3 Å². The van der Waals surface area contributed by atoms with Crippen LogP contribution in [0.1, 0.15) is 11.7 Å². The monoisotopic (exact) mass is 462 g/mol. The molecule has 3 heterocycles. The Morgan fingerprint density at radius 2 is 1.93 bits per heavy atom. The minimum Gasteiger partial charge on any atom is -0.370 e. The molecule has 0 amide bonds. The first-order chi connectivity index (χ1) is 13.1. The lowest BCUT2D eigenvalue weighted by atomic mass is 10.1. The average molecular weight is 464 g/mol. The molecule has 1 saturated heterocycles. The van der Waals surface area contributed by atoms with E-state index in [4.69, 9.17) is 9.72 Å². The van der Waals surface area contributed by atoms with Crippen LogP contribution in [-0.4, -0.2) is 34.2 Å². The molecular formula is C20H20BrClN4O2. The zero-order valence-corrected chi connectivity index (χ0v) is 17.7. The Kier molecular flexibility index (Phi) is 6.49. The Hall–Kier alpha value is -2.22. The summed E-state index contributed by atoms with van der Waals surface area (Å²) >= 11 is 3.60. The second-order valence-corrected chi connectivity index (χ2v) is 7.26. The van der Waals surface area contributed by atoms with Crippen molar-refractivity contribution in [1.82, 2.24) is 14.5 Å². The Morgan fingerprint density at radius 3 is 2.68 bits per heavy atom. The molecule has 0 unspecified atom stereocenters. The smallest absolute Gasteiger partial charge is 0.255 e. The summed E-state index contributed by atoms with van der Waals surface area (Å²) in [6, 6.07) is 13.3. The number of hydrogen-bond donors (Lipinski definition) is 0. The molecule has 1 aliphatic heterocycles. The Morgan fingerprint density at radius 1 is 1.18 bits per heavy atom. The summed E-state index contributed by atoms with van der Waals surface area (Å²) < 4.78 is 8.59. The molecule has 6 nitrogen and oxygen atoms in total. The number of halogens is 2. The van der Waals surface area contributed by atoms with Gasteiger partial charge < -0.3 is 9.64 Å². The fraction of sp³-hybridized carbons (Fsp3) is 0.250. The molecule has 0 saturated carbocycles. The van der Waals surface area contributed by atoms with Crippen molar-refractivity contribution in [2.45, 2.75) is 6.10 Å². The van der Waals surface area contributed by atoms with E-state index in [1.807, 2.05) is 30.3 Å². The fourth-order valence-electron chi connectivity index (χ4n) is 3.24. The van der Waals surface area contributed by atoms with Crippen LogP contribution in [0.3, 0.4) is 0 Å². The van der Waals surface area contributed by atoms with Gasteiger partial charge in [-0.05, 0) is 23.8 Å². The van der Waals surface area contributed by atoms with E-state index in [2.05, 4.69) is 31.9 Å². The molecule has 146 valence electrons. The topological polar surface area (TPSA) is 60.2 Å². The Labute approximate surface area is 177 Å². The standard InChI is InChI=1S/C20H19BrN4O2.ClH/c1-24-19(26)12-17(14-6-8-22-9-7-14)23-20(24)25-10-11-27-18(13-25)15-4-2-3-5-16(15)21;/h2-9,12,18H,10-11,13H2,1H3;1H/t18-;/m1./s1. The van der Waals surface area contributed by atoms with Gasteiger partial charge in [0, 0.05) is 42.1 Å². The van der Waals surface area contributed by atoms with Gasteiger partial charge in [0.25, 0.3) is 5.56 Å². The molecule has 0 aliphatic carbocycles. The van der Waals surface area contributed by atoms with Crippen molar-refractivity contribution in [2.75, 3.05) is 24.6 Å². The maximum absolute atomic E-state index is 12.5. The molecule has 1 aliphatic rings. The summed E-state index contributed by atoms with van der Waals surface area (Å²) in [5, 5.41) is 0. The number of nitrogens with zero attached hydrogens (tertiary/aromatic N) is 4. The molecule has 28 heavy (non-hydrogen) atoms. The molecule has 1 aromatic carbocycles. The van der Waals surface area contributed by atoms with Crippen LogP contribution in [0.15, 0.2) is 64.1 Å². The van der Waals surface area contributed by atoms with E-state index in [9.17, 15) is 4.79 Å². The molecular weight excluding hydrogens is 444 g/mol. The van der Waals surface area contributed by atoms with Gasteiger partial charge in [0.2, 0.25) is 5.95 Å². The third-order valence-electron chi connectivity index (χ3n) is 4.69. The first kappa shape index (κ1) is 20.5. The van der Waals surface area contributed by atoms with Crippen molar-refractivity contribution >= 4 is 34.3 Å². The lowest BCUT2D eigenvalue weighted by Crippen LogP contribution is -2.41. The van der Waals surface area contributed by atoms with Crippen LogP contribution in [0.25, 0.3) is 11.3 Å². The van der Waals surface area contributed by atoms with Crippen molar-refractivity contribution in [1.29, 1.82) is 0 Å². The van der Waals surface area contributed by atoms with E-state index in [1.165, 1.54) is 0 Å². The molecule has 0 radical (unpaired) electrons. The lowest BCUT2D eigenvalue weighted by molar-refractivity contribution is 0.0385. The van der Waals surface area contributed by atoms with Gasteiger partial charge in [-0.2, -0.15) is 0 Å². The minimum atomic E-state index is -0.0873. The molecule has 3 aromatic rings. The molecule has 0 bridgehead atoms. The third-order valence-corrected chi connectivity index (χ3v) is 5.41. The molecule has 2 aromatic heterocycles. The Balaban J connectivity index is 0.00000225. The maximum Gasteiger partial charge on any atom is 0.255 e. The van der Waals surface area contributed by atoms with E-state index in [-0.39, 0.29) is 24.1 Å². The maximum atomic E-state index is 12.5. The van der Waals surface area contributed by atoms with Gasteiger partial charge in [-0.3, -0.25) is 14.3 Å². The summed E-state index contributed by atoms with van der Waals surface area (Å²) in [5.41, 5.74) is 2.53. The van der Waals surface area contributed by atoms with E-state index in [0.29, 0.717) is 31.3 Å². The predicted octanol–water partition coefficient (Wildman–Crippen LogP) is 3.60. The van der Waals surface area contributed by atoms with Crippen LogP contribution in [0.2, 0.25) is 0 Å². The predicted molar refractivity (Wildman–Crippen MR) is 115 cm³/mol. The van der Waals surface area contributed by atoms with E-state index in [1.54, 1.807) is 30.1 Å². The van der Waals surface area contributed by atoms with Gasteiger partial charge >= 0.3 is 0 Å². The van der Waals surface area contributed by atoms with E-state index >= 15 is 0 Å². The van der Waals surface area contributed by atoms with Crippen LogP contribution in [0.4, 0.5) is 5.95 Å². The van der Waals surface area contributed by atoms with Crippen LogP contribution < -0.4 is 10.5 Å². The molecule has 4 rings (SSSR count). The lowest BCUT2D eigenvalue weighted by Gasteiger charge is -2.35. The number of ether oxygens (including phenoxy) is 1. The second kappa shape index (κ2) is 8.86. The van der Waals surface area contributed by atoms with Crippen molar-refractivity contribution in [3.05, 3.63) is 75.2 Å². The number of anilines is 1. The summed E-state index contributed by atoms with van der Waals surface area (Å²) in [6.45, 7) is 1.88. The SMILES string of the molecule is Cl.Cn1c(N2CCO[C@@H](c3ccccc3Br)C2)nc(-c2ccncc2)cc1=O. The second-order valence-electron chi connectivity index (χ2n) is 6.40. The highest BCUT2D eigenvalue weighted by Gasteiger charge is 2.26. The van der Waals surface area contributed by atoms with Crippen LogP contribution >= 0.6 is 28.3 Å². The van der Waals surface area contributed by atoms with Gasteiger partial charge in [0.15, 0.2) is 0 Å². The number of benzene rings is 1. The molecule has 8 heteroatoms. The summed E-state index contributed by atoms with van der Waals surface area (Å²) in [5.74, 6) is 0.648. The quantitative estimate of drug-likeness (QED) is 0.594. The van der Waals surface area contributed by atoms with Gasteiger partial charge in [0.05, 0.1) is 18.8 Å². The molecule has 1 fully saturated rings. The molecule has 0 N–H and O–H groups in total. The van der Waals surface area contributed by atoms with E-state index < -0.39 is 0 Å². The molecule has 1 atom stereocenters. The highest BCUT2D eigenvalue weighted by molar-refractivity contribution is 9.10. The highest BCUT2D eigenvalue weighted by Crippen LogP contribution is 2.30. The van der Waals surface area contributed by atoms with Crippen molar-refractivity contribution in [2.24, 2.45) is 7.05 Å². The zero-order valence-electron chi connectivity index (χ0n) is 15.3. The highest BCUT2D eigenvalue weighted by atomic mass is 79.9. The minimum absolute atomic E-state index is 0. The van der Waals surface area contributed by atoms with Gasteiger partial charge in [-0.25, -0.2) is 4.98 Å². The van der Waals surface area contributed by atoms with Crippen molar-refractivity contribution < 1.29 is 4.74 Å². The average Bonchev–Trinajstić information content (AvgIpc) is 2.71. The third kappa shape index (κ3) is 4.11. The fourth-order valence-corrected chi connectivity index (χ4v) is 3.78. The van der Waals surface area contributed by atoms with Crippen LogP contribution in [-0.2, 0) is 11.8 Å². The Bertz CT molecular complexity index is 1010. The van der Waals surface area contributed by atoms with E-state index in [0.717, 1.165) is 15.6 Å². The first-order valence-electron chi connectivity index (χ1n) is 8.73.